The summed E-state index contributed by atoms with van der Waals surface area (Å²) in [6.45, 7) is 2.79. The average molecular weight is 541 g/mol. The van der Waals surface area contributed by atoms with E-state index in [2.05, 4.69) is 24.9 Å². The number of hydrogen-bond acceptors (Lipinski definition) is 8. The van der Waals surface area contributed by atoms with E-state index in [1.54, 1.807) is 29.4 Å². The number of hydrogen-bond donors (Lipinski definition) is 1. The van der Waals surface area contributed by atoms with Gasteiger partial charge in [-0.25, -0.2) is 19.9 Å². The van der Waals surface area contributed by atoms with Gasteiger partial charge in [-0.15, -0.1) is 0 Å². The summed E-state index contributed by atoms with van der Waals surface area (Å²) in [7, 11) is 0. The molecule has 0 amide bonds. The molecule has 3 aromatic heterocycles. The molecule has 0 radical (unpaired) electrons. The van der Waals surface area contributed by atoms with E-state index >= 15 is 0 Å². The van der Waals surface area contributed by atoms with Crippen LogP contribution in [0.2, 0.25) is 5.02 Å². The highest BCUT2D eigenvalue weighted by Crippen LogP contribution is 2.41. The molecular formula is C25H20ClF3N8O. The lowest BCUT2D eigenvalue weighted by molar-refractivity contribution is -0.141. The first-order valence-electron chi connectivity index (χ1n) is 11.9. The molecule has 0 saturated carbocycles. The van der Waals surface area contributed by atoms with Gasteiger partial charge in [0.15, 0.2) is 5.69 Å². The number of alkyl halides is 3. The summed E-state index contributed by atoms with van der Waals surface area (Å²) in [6.07, 6.45) is -0.898. The van der Waals surface area contributed by atoms with Crippen LogP contribution in [0, 0.1) is 11.3 Å². The summed E-state index contributed by atoms with van der Waals surface area (Å²) in [5.74, 6) is 0.353. The number of benzene rings is 1. The molecule has 1 atom stereocenters. The van der Waals surface area contributed by atoms with Crippen molar-refractivity contribution in [3.63, 3.8) is 0 Å². The first-order chi connectivity index (χ1) is 18.3. The zero-order valence-corrected chi connectivity index (χ0v) is 20.6. The lowest BCUT2D eigenvalue weighted by atomic mass is 9.94. The van der Waals surface area contributed by atoms with Gasteiger partial charge in [-0.3, -0.25) is 0 Å². The van der Waals surface area contributed by atoms with Crippen LogP contribution in [0.5, 0.6) is 0 Å². The molecule has 1 aromatic carbocycles. The highest BCUT2D eigenvalue weighted by Gasteiger charge is 2.38. The minimum absolute atomic E-state index is 0.194. The number of anilines is 2. The molecule has 5 heterocycles. The lowest BCUT2D eigenvalue weighted by Gasteiger charge is -2.36. The predicted octanol–water partition coefficient (Wildman–Crippen LogP) is 4.28. The van der Waals surface area contributed by atoms with Crippen LogP contribution >= 0.6 is 11.6 Å². The zero-order valence-electron chi connectivity index (χ0n) is 19.8. The van der Waals surface area contributed by atoms with E-state index in [-0.39, 0.29) is 11.6 Å². The van der Waals surface area contributed by atoms with Crippen molar-refractivity contribution in [3.8, 4) is 6.07 Å². The number of aromatic nitrogens is 5. The third-order valence-electron chi connectivity index (χ3n) is 6.73. The Kier molecular flexibility index (Phi) is 6.04. The number of aromatic amines is 1. The maximum absolute atomic E-state index is 13.6. The van der Waals surface area contributed by atoms with Crippen molar-refractivity contribution in [2.45, 2.75) is 18.6 Å². The molecular weight excluding hydrogens is 521 g/mol. The van der Waals surface area contributed by atoms with Gasteiger partial charge in [0.1, 0.15) is 17.8 Å². The van der Waals surface area contributed by atoms with Gasteiger partial charge in [-0.1, -0.05) is 11.6 Å². The van der Waals surface area contributed by atoms with Gasteiger partial charge >= 0.3 is 6.18 Å². The molecule has 38 heavy (non-hydrogen) atoms. The quantitative estimate of drug-likeness (QED) is 0.410. The molecule has 194 valence electrons. The summed E-state index contributed by atoms with van der Waals surface area (Å²) in [5.41, 5.74) is 1.70. The van der Waals surface area contributed by atoms with Gasteiger partial charge in [0.25, 0.3) is 0 Å². The van der Waals surface area contributed by atoms with Gasteiger partial charge in [-0.2, -0.15) is 18.4 Å². The number of fused-ring (bicyclic) bond motifs is 3. The molecule has 1 N–H and O–H groups in total. The third kappa shape index (κ3) is 4.37. The number of nitriles is 1. The van der Waals surface area contributed by atoms with Crippen molar-refractivity contribution in [2.75, 3.05) is 42.6 Å². The van der Waals surface area contributed by atoms with Gasteiger partial charge in [0.05, 0.1) is 13.2 Å². The van der Waals surface area contributed by atoms with Crippen LogP contribution in [0.4, 0.5) is 25.1 Å². The second-order valence-electron chi connectivity index (χ2n) is 9.02. The Hall–Kier alpha value is -3.95. The van der Waals surface area contributed by atoms with Crippen LogP contribution in [0.25, 0.3) is 10.9 Å². The number of morpholine rings is 1. The SMILES string of the molecule is N#Cc1cc(C(F)(F)F)nc(N2CCc3c([nH]c4ccc(Cl)cc34)C2c2cnc(N3CCOCC3)nc2)n1. The summed E-state index contributed by atoms with van der Waals surface area (Å²) in [5, 5.41) is 10.9. The Labute approximate surface area is 219 Å². The fourth-order valence-electron chi connectivity index (χ4n) is 4.99. The number of H-pyrrole nitrogens is 1. The van der Waals surface area contributed by atoms with E-state index in [1.807, 2.05) is 17.0 Å². The summed E-state index contributed by atoms with van der Waals surface area (Å²) < 4.78 is 46.3. The molecule has 1 saturated heterocycles. The van der Waals surface area contributed by atoms with Crippen molar-refractivity contribution in [1.82, 2.24) is 24.9 Å². The molecule has 0 spiro atoms. The minimum atomic E-state index is -4.74. The minimum Gasteiger partial charge on any atom is -0.378 e. The molecule has 1 unspecified atom stereocenters. The molecule has 1 fully saturated rings. The summed E-state index contributed by atoms with van der Waals surface area (Å²) in [6, 6.07) is 7.25. The number of ether oxygens (including phenoxy) is 1. The maximum atomic E-state index is 13.6. The largest absolute Gasteiger partial charge is 0.433 e. The van der Waals surface area contributed by atoms with Crippen molar-refractivity contribution < 1.29 is 17.9 Å². The molecule has 2 aliphatic rings. The van der Waals surface area contributed by atoms with Gasteiger partial charge in [-0.05, 0) is 30.2 Å². The van der Waals surface area contributed by atoms with E-state index in [4.69, 9.17) is 16.3 Å². The van der Waals surface area contributed by atoms with Crippen LogP contribution in [0.3, 0.4) is 0 Å². The van der Waals surface area contributed by atoms with Crippen molar-refractivity contribution >= 4 is 34.4 Å². The highest BCUT2D eigenvalue weighted by atomic mass is 35.5. The van der Waals surface area contributed by atoms with Crippen LogP contribution < -0.4 is 9.80 Å². The molecule has 4 aromatic rings. The first kappa shape index (κ1) is 24.4. The summed E-state index contributed by atoms with van der Waals surface area (Å²) in [4.78, 5) is 24.2. The molecule has 9 nitrogen and oxygen atoms in total. The van der Waals surface area contributed by atoms with E-state index in [9.17, 15) is 18.4 Å². The number of nitrogens with zero attached hydrogens (tertiary/aromatic N) is 7. The average Bonchev–Trinajstić information content (AvgIpc) is 3.30. The van der Waals surface area contributed by atoms with E-state index < -0.39 is 17.9 Å². The van der Waals surface area contributed by atoms with Crippen LogP contribution in [-0.2, 0) is 17.3 Å². The van der Waals surface area contributed by atoms with Crippen LogP contribution in [-0.4, -0.2) is 57.8 Å². The van der Waals surface area contributed by atoms with Crippen molar-refractivity contribution in [3.05, 3.63) is 69.9 Å². The Balaban J connectivity index is 1.49. The molecule has 13 heteroatoms. The van der Waals surface area contributed by atoms with Crippen molar-refractivity contribution in [2.24, 2.45) is 0 Å². The Bertz CT molecular complexity index is 1540. The smallest absolute Gasteiger partial charge is 0.378 e. The van der Waals surface area contributed by atoms with E-state index in [1.165, 1.54) is 0 Å². The number of rotatable bonds is 3. The Morgan fingerprint density at radius 1 is 1.05 bits per heavy atom. The first-order valence-corrected chi connectivity index (χ1v) is 12.3. The number of halogens is 4. The Morgan fingerprint density at radius 2 is 1.82 bits per heavy atom. The van der Waals surface area contributed by atoms with E-state index in [0.717, 1.165) is 22.2 Å². The topological polar surface area (TPSA) is 107 Å². The fourth-order valence-corrected chi connectivity index (χ4v) is 5.16. The van der Waals surface area contributed by atoms with Crippen LogP contribution in [0.15, 0.2) is 36.7 Å². The Morgan fingerprint density at radius 3 is 2.53 bits per heavy atom. The second-order valence-corrected chi connectivity index (χ2v) is 9.45. The molecule has 0 aliphatic carbocycles. The zero-order chi connectivity index (χ0) is 26.4. The lowest BCUT2D eigenvalue weighted by Crippen LogP contribution is -2.39. The normalized spacial score (nSPS) is 17.9. The van der Waals surface area contributed by atoms with Gasteiger partial charge < -0.3 is 19.5 Å². The third-order valence-corrected chi connectivity index (χ3v) is 6.97. The predicted molar refractivity (Wildman–Crippen MR) is 133 cm³/mol. The van der Waals surface area contributed by atoms with Crippen LogP contribution in [0.1, 0.15) is 34.3 Å². The molecule has 6 rings (SSSR count). The second kappa shape index (κ2) is 9.41. The fraction of sp³-hybridized carbons (Fsp3) is 0.320. The maximum Gasteiger partial charge on any atom is 0.433 e. The summed E-state index contributed by atoms with van der Waals surface area (Å²) >= 11 is 6.27. The number of nitrogens with one attached hydrogen (secondary N) is 1. The highest BCUT2D eigenvalue weighted by molar-refractivity contribution is 6.31. The molecule has 0 bridgehead atoms. The van der Waals surface area contributed by atoms with Gasteiger partial charge in [0, 0.05) is 65.3 Å². The standard InChI is InChI=1S/C25H20ClF3N8O/c26-15-1-2-19-18(9-15)17-3-4-37(24-33-16(11-30)10-20(35-24)25(27,28)29)22(21(17)34-19)14-12-31-23(32-13-14)36-5-7-38-8-6-36/h1-2,9-10,12-13,22,34H,3-8H2. The van der Waals surface area contributed by atoms with Crippen molar-refractivity contribution in [1.29, 1.82) is 5.26 Å². The monoisotopic (exact) mass is 540 g/mol. The van der Waals surface area contributed by atoms with Gasteiger partial charge in [0.2, 0.25) is 11.9 Å². The molecule has 2 aliphatic heterocycles. The van der Waals surface area contributed by atoms with E-state index in [0.29, 0.717) is 61.9 Å².